The van der Waals surface area contributed by atoms with Crippen molar-refractivity contribution in [1.82, 2.24) is 4.90 Å². The van der Waals surface area contributed by atoms with Crippen LogP contribution >= 0.6 is 0 Å². The minimum Gasteiger partial charge on any atom is -0.387 e. The minimum absolute atomic E-state index is 0.0148. The first kappa shape index (κ1) is 8.97. The molecule has 1 saturated heterocycles. The van der Waals surface area contributed by atoms with Crippen LogP contribution in [-0.4, -0.2) is 40.6 Å². The quantitative estimate of drug-likeness (QED) is 0.418. The molecule has 1 aliphatic carbocycles. The topological polar surface area (TPSA) is 73.3 Å². The zero-order valence-corrected chi connectivity index (χ0v) is 7.95. The number of nitrogens with zero attached hydrogens (tertiary/aromatic N) is 1. The highest BCUT2D eigenvalue weighted by Crippen LogP contribution is 2.44. The van der Waals surface area contributed by atoms with Crippen LogP contribution in [-0.2, 0) is 0 Å². The molecule has 0 aromatic rings. The molecule has 0 radical (unpaired) electrons. The van der Waals surface area contributed by atoms with Crippen molar-refractivity contribution in [3.63, 3.8) is 0 Å². The highest BCUT2D eigenvalue weighted by Gasteiger charge is 2.52. The van der Waals surface area contributed by atoms with Crippen LogP contribution in [0.4, 0.5) is 0 Å². The van der Waals surface area contributed by atoms with Crippen molar-refractivity contribution in [2.75, 3.05) is 13.1 Å². The molecule has 1 aliphatic heterocycles. The van der Waals surface area contributed by atoms with Gasteiger partial charge >= 0.3 is 0 Å². The van der Waals surface area contributed by atoms with Gasteiger partial charge in [-0.15, -0.1) is 0 Å². The summed E-state index contributed by atoms with van der Waals surface area (Å²) in [5.74, 6) is 0.709. The van der Waals surface area contributed by atoms with Crippen molar-refractivity contribution in [2.45, 2.75) is 31.4 Å². The normalized spacial score (nSPS) is 29.4. The SMILES string of the molecule is CC(C(=N)N)N1CC(O)(C2CC2)C1. The second kappa shape index (κ2) is 2.69. The van der Waals surface area contributed by atoms with E-state index in [9.17, 15) is 5.11 Å². The van der Waals surface area contributed by atoms with Gasteiger partial charge in [-0.05, 0) is 25.7 Å². The van der Waals surface area contributed by atoms with Crippen LogP contribution in [0.5, 0.6) is 0 Å². The Labute approximate surface area is 78.2 Å². The lowest BCUT2D eigenvalue weighted by Gasteiger charge is -2.49. The zero-order valence-electron chi connectivity index (χ0n) is 7.95. The number of likely N-dealkylation sites (tertiary alicyclic amines) is 1. The van der Waals surface area contributed by atoms with Gasteiger partial charge in [-0.25, -0.2) is 0 Å². The van der Waals surface area contributed by atoms with E-state index >= 15 is 0 Å². The molecule has 2 fully saturated rings. The maximum absolute atomic E-state index is 10.00. The van der Waals surface area contributed by atoms with Crippen LogP contribution in [0.2, 0.25) is 0 Å². The molecule has 0 spiro atoms. The molecule has 0 amide bonds. The van der Waals surface area contributed by atoms with E-state index in [1.165, 1.54) is 12.8 Å². The molecular formula is C9H17N3O. The van der Waals surface area contributed by atoms with Gasteiger partial charge in [0.2, 0.25) is 0 Å². The van der Waals surface area contributed by atoms with Gasteiger partial charge in [0.1, 0.15) is 5.84 Å². The van der Waals surface area contributed by atoms with Crippen LogP contribution in [0.3, 0.4) is 0 Å². The molecule has 13 heavy (non-hydrogen) atoms. The monoisotopic (exact) mass is 183 g/mol. The van der Waals surface area contributed by atoms with Crippen LogP contribution in [0.1, 0.15) is 19.8 Å². The summed E-state index contributed by atoms with van der Waals surface area (Å²) < 4.78 is 0. The third kappa shape index (κ3) is 1.44. The Morgan fingerprint density at radius 3 is 2.54 bits per heavy atom. The van der Waals surface area contributed by atoms with Crippen molar-refractivity contribution in [3.05, 3.63) is 0 Å². The molecule has 4 nitrogen and oxygen atoms in total. The van der Waals surface area contributed by atoms with Crippen molar-refractivity contribution in [2.24, 2.45) is 11.7 Å². The first-order chi connectivity index (χ1) is 6.03. The fourth-order valence-electron chi connectivity index (χ4n) is 2.01. The van der Waals surface area contributed by atoms with Gasteiger partial charge in [-0.2, -0.15) is 0 Å². The fraction of sp³-hybridized carbons (Fsp3) is 0.889. The van der Waals surface area contributed by atoms with Gasteiger partial charge in [-0.3, -0.25) is 10.3 Å². The first-order valence-electron chi connectivity index (χ1n) is 4.83. The molecule has 0 aromatic heterocycles. The lowest BCUT2D eigenvalue weighted by atomic mass is 9.87. The second-order valence-electron chi connectivity index (χ2n) is 4.41. The first-order valence-corrected chi connectivity index (χ1v) is 4.83. The Balaban J connectivity index is 1.86. The Hall–Kier alpha value is -0.610. The van der Waals surface area contributed by atoms with E-state index in [0.29, 0.717) is 19.0 Å². The van der Waals surface area contributed by atoms with Crippen molar-refractivity contribution in [3.8, 4) is 0 Å². The predicted octanol–water partition coefficient (Wildman–Crippen LogP) is -0.232. The van der Waals surface area contributed by atoms with Gasteiger partial charge in [0.25, 0.3) is 0 Å². The molecule has 1 atom stereocenters. The standard InChI is InChI=1S/C9H17N3O/c1-6(8(10)11)12-4-9(13,5-12)7-2-3-7/h6-7,13H,2-5H2,1H3,(H3,10,11). The van der Waals surface area contributed by atoms with Crippen molar-refractivity contribution < 1.29 is 5.11 Å². The van der Waals surface area contributed by atoms with E-state index in [4.69, 9.17) is 11.1 Å². The number of hydrogen-bond donors (Lipinski definition) is 3. The third-order valence-corrected chi connectivity index (χ3v) is 3.29. The van der Waals surface area contributed by atoms with Gasteiger partial charge in [-0.1, -0.05) is 0 Å². The fourth-order valence-corrected chi connectivity index (χ4v) is 2.01. The van der Waals surface area contributed by atoms with E-state index in [1.54, 1.807) is 0 Å². The zero-order chi connectivity index (χ0) is 9.64. The molecule has 1 heterocycles. The Bertz CT molecular complexity index is 231. The lowest BCUT2D eigenvalue weighted by Crippen LogP contribution is -2.67. The van der Waals surface area contributed by atoms with Crippen LogP contribution in [0.15, 0.2) is 0 Å². The third-order valence-electron chi connectivity index (χ3n) is 3.29. The highest BCUT2D eigenvalue weighted by molar-refractivity contribution is 5.82. The van der Waals surface area contributed by atoms with Gasteiger partial charge < -0.3 is 10.8 Å². The molecule has 1 unspecified atom stereocenters. The van der Waals surface area contributed by atoms with Crippen LogP contribution < -0.4 is 5.73 Å². The number of amidine groups is 1. The molecular weight excluding hydrogens is 166 g/mol. The van der Waals surface area contributed by atoms with E-state index in [2.05, 4.69) is 4.90 Å². The van der Waals surface area contributed by atoms with Gasteiger partial charge in [0.05, 0.1) is 11.6 Å². The van der Waals surface area contributed by atoms with Crippen LogP contribution in [0.25, 0.3) is 0 Å². The largest absolute Gasteiger partial charge is 0.387 e. The second-order valence-corrected chi connectivity index (χ2v) is 4.41. The number of β-amino-alcohol motifs (C(OH)–C–C–N with tert-alkyl or cyclic N) is 1. The smallest absolute Gasteiger partial charge is 0.108 e. The maximum atomic E-state index is 10.00. The molecule has 0 aromatic carbocycles. The molecule has 0 bridgehead atoms. The van der Waals surface area contributed by atoms with E-state index in [0.717, 1.165) is 0 Å². The van der Waals surface area contributed by atoms with Gasteiger partial charge in [0.15, 0.2) is 0 Å². The Kier molecular flexibility index (Phi) is 1.85. The van der Waals surface area contributed by atoms with Crippen LogP contribution in [0, 0.1) is 11.3 Å². The van der Waals surface area contributed by atoms with Gasteiger partial charge in [0, 0.05) is 13.1 Å². The summed E-state index contributed by atoms with van der Waals surface area (Å²) in [6.07, 6.45) is 2.33. The average Bonchev–Trinajstić information content (AvgIpc) is 2.79. The Morgan fingerprint density at radius 2 is 2.15 bits per heavy atom. The average molecular weight is 183 g/mol. The molecule has 1 saturated carbocycles. The molecule has 4 N–H and O–H groups in total. The summed E-state index contributed by atoms with van der Waals surface area (Å²) in [6.45, 7) is 3.30. The summed E-state index contributed by atoms with van der Waals surface area (Å²) in [7, 11) is 0. The highest BCUT2D eigenvalue weighted by atomic mass is 16.3. The predicted molar refractivity (Wildman–Crippen MR) is 50.6 cm³/mol. The number of nitrogens with one attached hydrogen (secondary N) is 1. The molecule has 2 rings (SSSR count). The summed E-state index contributed by atoms with van der Waals surface area (Å²) in [4.78, 5) is 2.06. The summed E-state index contributed by atoms with van der Waals surface area (Å²) in [6, 6.07) is -0.0148. The summed E-state index contributed by atoms with van der Waals surface area (Å²) in [5.41, 5.74) is 4.93. The number of aliphatic hydroxyl groups is 1. The number of hydrogen-bond acceptors (Lipinski definition) is 3. The number of nitrogens with two attached hydrogens (primary N) is 1. The van der Waals surface area contributed by atoms with Crippen molar-refractivity contribution in [1.29, 1.82) is 5.41 Å². The van der Waals surface area contributed by atoms with E-state index in [-0.39, 0.29) is 11.9 Å². The Morgan fingerprint density at radius 1 is 1.62 bits per heavy atom. The molecule has 2 aliphatic rings. The maximum Gasteiger partial charge on any atom is 0.108 e. The van der Waals surface area contributed by atoms with E-state index < -0.39 is 5.60 Å². The summed E-state index contributed by atoms with van der Waals surface area (Å²) >= 11 is 0. The molecule has 74 valence electrons. The number of rotatable bonds is 3. The molecule has 4 heteroatoms. The van der Waals surface area contributed by atoms with E-state index in [1.807, 2.05) is 6.92 Å². The minimum atomic E-state index is -0.455. The lowest BCUT2D eigenvalue weighted by molar-refractivity contribution is -0.118. The van der Waals surface area contributed by atoms with Crippen molar-refractivity contribution >= 4 is 5.84 Å². The summed E-state index contributed by atoms with van der Waals surface area (Å²) in [5, 5.41) is 17.3.